The Bertz CT molecular complexity index is 624. The topological polar surface area (TPSA) is 56.7 Å². The lowest BCUT2D eigenvalue weighted by Gasteiger charge is -2.19. The fourth-order valence-electron chi connectivity index (χ4n) is 3.15. The van der Waals surface area contributed by atoms with Crippen molar-refractivity contribution in [3.05, 3.63) is 35.6 Å². The van der Waals surface area contributed by atoms with E-state index >= 15 is 0 Å². The van der Waals surface area contributed by atoms with E-state index in [-0.39, 0.29) is 17.1 Å². The van der Waals surface area contributed by atoms with Gasteiger partial charge < -0.3 is 15.5 Å². The summed E-state index contributed by atoms with van der Waals surface area (Å²) in [6, 6.07) is 6.98. The molecule has 0 atom stereocenters. The SMILES string of the molecule is CCNC(=NCC1(c2ccccc2F)CC1)NCCC(=O)N(CC)CC. The van der Waals surface area contributed by atoms with Gasteiger partial charge in [0.25, 0.3) is 0 Å². The molecule has 0 spiro atoms. The predicted octanol–water partition coefficient (Wildman–Crippen LogP) is 2.67. The number of aliphatic imine (C=N–C) groups is 1. The van der Waals surface area contributed by atoms with Gasteiger partial charge >= 0.3 is 0 Å². The lowest BCUT2D eigenvalue weighted by molar-refractivity contribution is -0.130. The van der Waals surface area contributed by atoms with E-state index in [0.717, 1.165) is 38.0 Å². The maximum atomic E-state index is 14.1. The van der Waals surface area contributed by atoms with Crippen LogP contribution in [0.15, 0.2) is 29.3 Å². The molecule has 1 aromatic carbocycles. The lowest BCUT2D eigenvalue weighted by Crippen LogP contribution is -2.40. The summed E-state index contributed by atoms with van der Waals surface area (Å²) in [5, 5.41) is 6.42. The summed E-state index contributed by atoms with van der Waals surface area (Å²) < 4.78 is 14.1. The van der Waals surface area contributed by atoms with Crippen LogP contribution in [0.25, 0.3) is 0 Å². The molecule has 144 valence electrons. The second kappa shape index (κ2) is 9.55. The molecule has 0 saturated heterocycles. The maximum absolute atomic E-state index is 14.1. The first-order valence-corrected chi connectivity index (χ1v) is 9.61. The molecule has 26 heavy (non-hydrogen) atoms. The van der Waals surface area contributed by atoms with E-state index in [0.29, 0.717) is 25.5 Å². The summed E-state index contributed by atoms with van der Waals surface area (Å²) in [5.74, 6) is 0.675. The predicted molar refractivity (Wildman–Crippen MR) is 104 cm³/mol. The second-order valence-corrected chi connectivity index (χ2v) is 6.70. The highest BCUT2D eigenvalue weighted by molar-refractivity contribution is 5.81. The minimum absolute atomic E-state index is 0.142. The van der Waals surface area contributed by atoms with Gasteiger partial charge in [-0.25, -0.2) is 4.39 Å². The Kier molecular flexibility index (Phi) is 7.42. The van der Waals surface area contributed by atoms with E-state index in [1.807, 2.05) is 37.8 Å². The van der Waals surface area contributed by atoms with Crippen LogP contribution in [-0.4, -0.2) is 49.5 Å². The monoisotopic (exact) mass is 362 g/mol. The number of hydrogen-bond acceptors (Lipinski definition) is 2. The van der Waals surface area contributed by atoms with Crippen molar-refractivity contribution in [3.8, 4) is 0 Å². The van der Waals surface area contributed by atoms with E-state index in [1.54, 1.807) is 6.07 Å². The van der Waals surface area contributed by atoms with E-state index in [9.17, 15) is 9.18 Å². The van der Waals surface area contributed by atoms with Crippen molar-refractivity contribution in [2.45, 2.75) is 45.4 Å². The van der Waals surface area contributed by atoms with Crippen LogP contribution in [0.4, 0.5) is 4.39 Å². The van der Waals surface area contributed by atoms with Crippen LogP contribution in [0.5, 0.6) is 0 Å². The summed E-state index contributed by atoms with van der Waals surface area (Å²) >= 11 is 0. The number of nitrogens with one attached hydrogen (secondary N) is 2. The Morgan fingerprint density at radius 2 is 1.88 bits per heavy atom. The Morgan fingerprint density at radius 3 is 2.46 bits per heavy atom. The quantitative estimate of drug-likeness (QED) is 0.525. The minimum atomic E-state index is -0.176. The Balaban J connectivity index is 1.93. The van der Waals surface area contributed by atoms with E-state index in [4.69, 9.17) is 0 Å². The van der Waals surface area contributed by atoms with E-state index < -0.39 is 0 Å². The van der Waals surface area contributed by atoms with Gasteiger partial charge in [-0.15, -0.1) is 0 Å². The molecule has 2 rings (SSSR count). The van der Waals surface area contributed by atoms with Crippen molar-refractivity contribution < 1.29 is 9.18 Å². The number of hydrogen-bond donors (Lipinski definition) is 2. The van der Waals surface area contributed by atoms with Crippen LogP contribution >= 0.6 is 0 Å². The van der Waals surface area contributed by atoms with Gasteiger partial charge in [0.1, 0.15) is 5.82 Å². The molecule has 1 fully saturated rings. The molecule has 0 bridgehead atoms. The molecule has 2 N–H and O–H groups in total. The zero-order valence-corrected chi connectivity index (χ0v) is 16.1. The van der Waals surface area contributed by atoms with Gasteiger partial charge in [0.05, 0.1) is 6.54 Å². The lowest BCUT2D eigenvalue weighted by atomic mass is 9.95. The van der Waals surface area contributed by atoms with Gasteiger partial charge in [-0.05, 0) is 45.2 Å². The smallest absolute Gasteiger partial charge is 0.224 e. The zero-order chi connectivity index (χ0) is 19.0. The highest BCUT2D eigenvalue weighted by Crippen LogP contribution is 2.49. The van der Waals surface area contributed by atoms with Gasteiger partial charge in [0.2, 0.25) is 5.91 Å². The third-order valence-corrected chi connectivity index (χ3v) is 4.93. The molecule has 1 amide bonds. The number of carbonyl (C=O) groups excluding carboxylic acids is 1. The minimum Gasteiger partial charge on any atom is -0.357 e. The molecular weight excluding hydrogens is 331 g/mol. The zero-order valence-electron chi connectivity index (χ0n) is 16.1. The first kappa shape index (κ1) is 20.2. The van der Waals surface area contributed by atoms with E-state index in [1.165, 1.54) is 6.07 Å². The third-order valence-electron chi connectivity index (χ3n) is 4.93. The Labute approximate surface area is 156 Å². The summed E-state index contributed by atoms with van der Waals surface area (Å²) in [6.07, 6.45) is 2.35. The van der Waals surface area contributed by atoms with Crippen molar-refractivity contribution in [2.75, 3.05) is 32.7 Å². The Hall–Kier alpha value is -2.11. The van der Waals surface area contributed by atoms with Gasteiger partial charge in [0, 0.05) is 38.0 Å². The van der Waals surface area contributed by atoms with Gasteiger partial charge in [-0.3, -0.25) is 9.79 Å². The molecule has 0 unspecified atom stereocenters. The molecule has 1 aromatic rings. The average Bonchev–Trinajstić information content (AvgIpc) is 3.42. The first-order valence-electron chi connectivity index (χ1n) is 9.61. The van der Waals surface area contributed by atoms with Gasteiger partial charge in [-0.2, -0.15) is 0 Å². The number of rotatable bonds is 9. The molecule has 5 nitrogen and oxygen atoms in total. The molecular formula is C20H31FN4O. The van der Waals surface area contributed by atoms with Crippen molar-refractivity contribution in [1.82, 2.24) is 15.5 Å². The molecule has 1 aliphatic rings. The van der Waals surface area contributed by atoms with Crippen LogP contribution in [0.3, 0.4) is 0 Å². The molecule has 0 aromatic heterocycles. The number of carbonyl (C=O) groups is 1. The maximum Gasteiger partial charge on any atom is 0.224 e. The molecule has 1 saturated carbocycles. The average molecular weight is 362 g/mol. The van der Waals surface area contributed by atoms with Crippen LogP contribution in [-0.2, 0) is 10.2 Å². The summed E-state index contributed by atoms with van der Waals surface area (Å²) in [6.45, 7) is 9.26. The number of guanidine groups is 1. The number of halogens is 1. The summed E-state index contributed by atoms with van der Waals surface area (Å²) in [7, 11) is 0. The number of amides is 1. The normalized spacial score (nSPS) is 15.5. The number of nitrogens with zero attached hydrogens (tertiary/aromatic N) is 2. The van der Waals surface area contributed by atoms with Crippen molar-refractivity contribution in [1.29, 1.82) is 0 Å². The van der Waals surface area contributed by atoms with Gasteiger partial charge in [0.15, 0.2) is 5.96 Å². The standard InChI is InChI=1S/C20H31FN4O/c1-4-22-19(23-14-11-18(26)25(5-2)6-3)24-15-20(12-13-20)16-9-7-8-10-17(16)21/h7-10H,4-6,11-15H2,1-3H3,(H2,22,23,24). The van der Waals surface area contributed by atoms with Crippen LogP contribution in [0.1, 0.15) is 45.6 Å². The van der Waals surface area contributed by atoms with Crippen molar-refractivity contribution in [2.24, 2.45) is 4.99 Å². The highest BCUT2D eigenvalue weighted by atomic mass is 19.1. The van der Waals surface area contributed by atoms with Crippen LogP contribution in [0.2, 0.25) is 0 Å². The Morgan fingerprint density at radius 1 is 1.19 bits per heavy atom. The molecule has 0 radical (unpaired) electrons. The van der Waals surface area contributed by atoms with Crippen molar-refractivity contribution in [3.63, 3.8) is 0 Å². The van der Waals surface area contributed by atoms with Crippen LogP contribution < -0.4 is 10.6 Å². The fourth-order valence-corrected chi connectivity index (χ4v) is 3.15. The molecule has 6 heteroatoms. The molecule has 0 aliphatic heterocycles. The highest BCUT2D eigenvalue weighted by Gasteiger charge is 2.45. The summed E-state index contributed by atoms with van der Waals surface area (Å²) in [4.78, 5) is 18.6. The number of benzene rings is 1. The largest absolute Gasteiger partial charge is 0.357 e. The first-order chi connectivity index (χ1) is 12.6. The fraction of sp³-hybridized carbons (Fsp3) is 0.600. The van der Waals surface area contributed by atoms with Crippen LogP contribution in [0, 0.1) is 5.82 Å². The van der Waals surface area contributed by atoms with E-state index in [2.05, 4.69) is 15.6 Å². The summed E-state index contributed by atoms with van der Waals surface area (Å²) in [5.41, 5.74) is 0.585. The third kappa shape index (κ3) is 5.19. The second-order valence-electron chi connectivity index (χ2n) is 6.70. The van der Waals surface area contributed by atoms with Gasteiger partial charge in [-0.1, -0.05) is 18.2 Å². The van der Waals surface area contributed by atoms with Crippen molar-refractivity contribution >= 4 is 11.9 Å². The molecule has 0 heterocycles. The molecule has 1 aliphatic carbocycles.